The van der Waals surface area contributed by atoms with Crippen molar-refractivity contribution in [3.8, 4) is 11.5 Å². The van der Waals surface area contributed by atoms with Crippen molar-refractivity contribution in [2.45, 2.75) is 31.0 Å². The van der Waals surface area contributed by atoms with Crippen LogP contribution in [-0.4, -0.2) is 55.7 Å². The fourth-order valence-electron chi connectivity index (χ4n) is 2.87. The SMILES string of the molecule is CSc1cc2c(cc1NC(=O)N1C[C@H](C)O[C@@H](C)C1)OCCO2. The van der Waals surface area contributed by atoms with E-state index in [2.05, 4.69) is 5.32 Å². The van der Waals surface area contributed by atoms with E-state index in [4.69, 9.17) is 14.2 Å². The fourth-order valence-corrected chi connectivity index (χ4v) is 3.43. The number of thioether (sulfide) groups is 1. The molecule has 0 spiro atoms. The Kier molecular flexibility index (Phi) is 4.87. The number of rotatable bonds is 2. The van der Waals surface area contributed by atoms with Crippen molar-refractivity contribution in [1.29, 1.82) is 0 Å². The Hall–Kier alpha value is -1.60. The third-order valence-corrected chi connectivity index (χ3v) is 4.59. The number of anilines is 1. The number of fused-ring (bicyclic) bond motifs is 1. The van der Waals surface area contributed by atoms with E-state index < -0.39 is 0 Å². The molecule has 1 aromatic rings. The Morgan fingerprint density at radius 1 is 1.17 bits per heavy atom. The van der Waals surface area contributed by atoms with Crippen LogP contribution in [0.1, 0.15) is 13.8 Å². The number of urea groups is 1. The zero-order valence-electron chi connectivity index (χ0n) is 13.6. The topological polar surface area (TPSA) is 60.0 Å². The number of hydrogen-bond acceptors (Lipinski definition) is 5. The molecule has 1 aromatic carbocycles. The first-order valence-corrected chi connectivity index (χ1v) is 8.98. The Balaban J connectivity index is 1.77. The van der Waals surface area contributed by atoms with E-state index in [1.54, 1.807) is 16.7 Å². The smallest absolute Gasteiger partial charge is 0.322 e. The number of carbonyl (C=O) groups is 1. The van der Waals surface area contributed by atoms with Gasteiger partial charge < -0.3 is 24.4 Å². The maximum absolute atomic E-state index is 12.6. The van der Waals surface area contributed by atoms with Crippen molar-refractivity contribution in [1.82, 2.24) is 4.90 Å². The fraction of sp³-hybridized carbons (Fsp3) is 0.562. The Bertz CT molecular complexity index is 586. The molecule has 2 aliphatic rings. The van der Waals surface area contributed by atoms with E-state index in [0.717, 1.165) is 16.3 Å². The quantitative estimate of drug-likeness (QED) is 0.840. The molecule has 2 aliphatic heterocycles. The summed E-state index contributed by atoms with van der Waals surface area (Å²) in [6.07, 6.45) is 2.06. The van der Waals surface area contributed by atoms with Crippen molar-refractivity contribution in [2.24, 2.45) is 0 Å². The van der Waals surface area contributed by atoms with Crippen LogP contribution in [0.2, 0.25) is 0 Å². The second-order valence-corrected chi connectivity index (χ2v) is 6.64. The van der Waals surface area contributed by atoms with Crippen LogP contribution in [0.15, 0.2) is 17.0 Å². The number of hydrogen-bond donors (Lipinski definition) is 1. The molecule has 1 fully saturated rings. The number of carbonyl (C=O) groups excluding carboxylic acids is 1. The lowest BCUT2D eigenvalue weighted by Gasteiger charge is -2.35. The molecule has 1 saturated heterocycles. The van der Waals surface area contributed by atoms with Crippen LogP contribution in [-0.2, 0) is 4.74 Å². The van der Waals surface area contributed by atoms with Gasteiger partial charge in [-0.1, -0.05) is 0 Å². The minimum absolute atomic E-state index is 0.0461. The van der Waals surface area contributed by atoms with Gasteiger partial charge in [0.1, 0.15) is 13.2 Å². The van der Waals surface area contributed by atoms with Crippen LogP contribution in [0.5, 0.6) is 11.5 Å². The third-order valence-electron chi connectivity index (χ3n) is 3.81. The predicted octanol–water partition coefficient (Wildman–Crippen LogP) is 2.82. The van der Waals surface area contributed by atoms with Crippen molar-refractivity contribution < 1.29 is 19.0 Å². The van der Waals surface area contributed by atoms with Crippen LogP contribution in [0, 0.1) is 0 Å². The molecule has 0 bridgehead atoms. The number of nitrogens with zero attached hydrogens (tertiary/aromatic N) is 1. The zero-order valence-corrected chi connectivity index (χ0v) is 14.4. The summed E-state index contributed by atoms with van der Waals surface area (Å²) in [6.45, 7) is 6.22. The first kappa shape index (κ1) is 16.3. The minimum Gasteiger partial charge on any atom is -0.486 e. The molecule has 0 aromatic heterocycles. The second kappa shape index (κ2) is 6.88. The molecule has 0 radical (unpaired) electrons. The molecular formula is C16H22N2O4S. The average Bonchev–Trinajstić information content (AvgIpc) is 2.53. The lowest BCUT2D eigenvalue weighted by molar-refractivity contribution is -0.0530. The maximum Gasteiger partial charge on any atom is 0.322 e. The van der Waals surface area contributed by atoms with Crippen molar-refractivity contribution in [3.63, 3.8) is 0 Å². The van der Waals surface area contributed by atoms with E-state index in [0.29, 0.717) is 32.1 Å². The molecule has 2 atom stereocenters. The summed E-state index contributed by atoms with van der Waals surface area (Å²) in [4.78, 5) is 15.3. The summed E-state index contributed by atoms with van der Waals surface area (Å²) in [7, 11) is 0. The number of benzene rings is 1. The largest absolute Gasteiger partial charge is 0.486 e. The van der Waals surface area contributed by atoms with Gasteiger partial charge in [-0.2, -0.15) is 0 Å². The Morgan fingerprint density at radius 2 is 1.78 bits per heavy atom. The summed E-state index contributed by atoms with van der Waals surface area (Å²) in [5, 5.41) is 3.00. The van der Waals surface area contributed by atoms with Gasteiger partial charge in [-0.25, -0.2) is 4.79 Å². The first-order chi connectivity index (χ1) is 11.1. The monoisotopic (exact) mass is 338 g/mol. The number of nitrogens with one attached hydrogen (secondary N) is 1. The van der Waals surface area contributed by atoms with Crippen molar-refractivity contribution in [2.75, 3.05) is 37.9 Å². The first-order valence-electron chi connectivity index (χ1n) is 7.76. The minimum atomic E-state index is -0.112. The van der Waals surface area contributed by atoms with Crippen LogP contribution >= 0.6 is 11.8 Å². The summed E-state index contributed by atoms with van der Waals surface area (Å²) in [5.74, 6) is 1.40. The standard InChI is InChI=1S/C16H22N2O4S/c1-10-8-18(9-11(2)22-10)16(19)17-12-6-13-14(7-15(12)23-3)21-5-4-20-13/h6-7,10-11H,4-5,8-9H2,1-3H3,(H,17,19)/t10-,11-/m0/s1. The van der Waals surface area contributed by atoms with Gasteiger partial charge in [-0.3, -0.25) is 0 Å². The lowest BCUT2D eigenvalue weighted by atomic mass is 10.2. The van der Waals surface area contributed by atoms with Gasteiger partial charge in [0, 0.05) is 24.1 Å². The molecule has 2 heterocycles. The normalized spacial score (nSPS) is 23.5. The lowest BCUT2D eigenvalue weighted by Crippen LogP contribution is -2.49. The van der Waals surface area contributed by atoms with Crippen molar-refractivity contribution >= 4 is 23.5 Å². The molecule has 0 saturated carbocycles. The second-order valence-electron chi connectivity index (χ2n) is 5.79. The highest BCUT2D eigenvalue weighted by atomic mass is 32.2. The number of amides is 2. The summed E-state index contributed by atoms with van der Waals surface area (Å²) in [6, 6.07) is 3.64. The zero-order chi connectivity index (χ0) is 16.4. The molecule has 1 N–H and O–H groups in total. The van der Waals surface area contributed by atoms with E-state index in [1.165, 1.54) is 0 Å². The average molecular weight is 338 g/mol. The summed E-state index contributed by atoms with van der Waals surface area (Å²) < 4.78 is 16.9. The number of ether oxygens (including phenoxy) is 3. The molecule has 7 heteroatoms. The summed E-state index contributed by atoms with van der Waals surface area (Å²) >= 11 is 1.56. The Morgan fingerprint density at radius 3 is 2.39 bits per heavy atom. The Labute approximate surface area is 140 Å². The number of morpholine rings is 1. The molecule has 23 heavy (non-hydrogen) atoms. The van der Waals surface area contributed by atoms with E-state index >= 15 is 0 Å². The van der Waals surface area contributed by atoms with Gasteiger partial charge in [0.05, 0.1) is 17.9 Å². The third kappa shape index (κ3) is 3.67. The van der Waals surface area contributed by atoms with Gasteiger partial charge in [0.25, 0.3) is 0 Å². The van der Waals surface area contributed by atoms with Crippen LogP contribution in [0.25, 0.3) is 0 Å². The van der Waals surface area contributed by atoms with Crippen LogP contribution in [0.3, 0.4) is 0 Å². The van der Waals surface area contributed by atoms with Gasteiger partial charge in [-0.15, -0.1) is 11.8 Å². The highest BCUT2D eigenvalue weighted by molar-refractivity contribution is 7.98. The highest BCUT2D eigenvalue weighted by Crippen LogP contribution is 2.39. The maximum atomic E-state index is 12.6. The van der Waals surface area contributed by atoms with Crippen LogP contribution in [0.4, 0.5) is 10.5 Å². The molecule has 6 nitrogen and oxygen atoms in total. The van der Waals surface area contributed by atoms with E-state index in [-0.39, 0.29) is 18.2 Å². The van der Waals surface area contributed by atoms with Gasteiger partial charge in [0.2, 0.25) is 0 Å². The molecule has 0 unspecified atom stereocenters. The molecule has 3 rings (SSSR count). The van der Waals surface area contributed by atoms with Gasteiger partial charge in [0.15, 0.2) is 11.5 Å². The van der Waals surface area contributed by atoms with Crippen molar-refractivity contribution in [3.05, 3.63) is 12.1 Å². The van der Waals surface area contributed by atoms with E-state index in [9.17, 15) is 4.79 Å². The van der Waals surface area contributed by atoms with Gasteiger partial charge >= 0.3 is 6.03 Å². The molecule has 2 amide bonds. The molecular weight excluding hydrogens is 316 g/mol. The summed E-state index contributed by atoms with van der Waals surface area (Å²) in [5.41, 5.74) is 0.749. The molecule has 0 aliphatic carbocycles. The van der Waals surface area contributed by atoms with Crippen LogP contribution < -0.4 is 14.8 Å². The van der Waals surface area contributed by atoms with E-state index in [1.807, 2.05) is 32.2 Å². The highest BCUT2D eigenvalue weighted by Gasteiger charge is 2.26. The predicted molar refractivity (Wildman–Crippen MR) is 89.8 cm³/mol. The molecule has 126 valence electrons. The van der Waals surface area contributed by atoms with Gasteiger partial charge in [-0.05, 0) is 26.2 Å².